The molecule has 0 aliphatic carbocycles. The van der Waals surface area contributed by atoms with Gasteiger partial charge >= 0.3 is 0 Å². The minimum absolute atomic E-state index is 0.0731. The number of carbonyl (C=O) groups excluding carboxylic acids is 2. The number of sulfone groups is 1. The highest BCUT2D eigenvalue weighted by Gasteiger charge is 2.20. The quantitative estimate of drug-likeness (QED) is 0.318. The van der Waals surface area contributed by atoms with Crippen LogP contribution in [0.4, 0.5) is 11.4 Å². The van der Waals surface area contributed by atoms with E-state index in [2.05, 4.69) is 10.6 Å². The highest BCUT2D eigenvalue weighted by Crippen LogP contribution is 2.28. The van der Waals surface area contributed by atoms with Crippen molar-refractivity contribution >= 4 is 32.9 Å². The number of para-hydroxylation sites is 1. The number of Topliss-reactive ketones (excluding diaryl/α,β-unsaturated/α-hetero) is 1. The minimum atomic E-state index is -3.67. The molecule has 2 N–H and O–H groups in total. The Hall–Kier alpha value is -4.23. The van der Waals surface area contributed by atoms with Crippen molar-refractivity contribution in [3.8, 4) is 0 Å². The molecule has 0 saturated carbocycles. The van der Waals surface area contributed by atoms with Crippen LogP contribution in [0, 0.1) is 0 Å². The fourth-order valence-electron chi connectivity index (χ4n) is 3.56. The van der Waals surface area contributed by atoms with Crippen molar-refractivity contribution in [3.05, 3.63) is 120 Å². The molecular weight excluding hydrogens is 460 g/mol. The minimum Gasteiger partial charge on any atom is -0.380 e. The molecule has 4 rings (SSSR count). The van der Waals surface area contributed by atoms with Crippen LogP contribution in [-0.4, -0.2) is 20.1 Å². The topological polar surface area (TPSA) is 92.3 Å². The number of ketones is 1. The number of anilines is 2. The number of carbonyl (C=O) groups is 2. The molecular formula is C28H24N2O4S. The summed E-state index contributed by atoms with van der Waals surface area (Å²) in [5.74, 6) is -0.361. The van der Waals surface area contributed by atoms with Gasteiger partial charge in [0, 0.05) is 23.4 Å². The van der Waals surface area contributed by atoms with Crippen molar-refractivity contribution in [2.24, 2.45) is 0 Å². The molecule has 0 aliphatic rings. The zero-order valence-electron chi connectivity index (χ0n) is 19.1. The van der Waals surface area contributed by atoms with Crippen molar-refractivity contribution in [1.29, 1.82) is 0 Å². The fourth-order valence-corrected chi connectivity index (χ4v) is 5.02. The van der Waals surface area contributed by atoms with Crippen LogP contribution in [0.25, 0.3) is 0 Å². The molecule has 0 radical (unpaired) electrons. The Morgan fingerprint density at radius 1 is 0.743 bits per heavy atom. The molecule has 0 spiro atoms. The Labute approximate surface area is 204 Å². The summed E-state index contributed by atoms with van der Waals surface area (Å²) in [5.41, 5.74) is 2.92. The van der Waals surface area contributed by atoms with Crippen molar-refractivity contribution in [1.82, 2.24) is 0 Å². The molecule has 0 aliphatic heterocycles. The summed E-state index contributed by atoms with van der Waals surface area (Å²) in [6.45, 7) is 1.85. The summed E-state index contributed by atoms with van der Waals surface area (Å²) in [4.78, 5) is 24.6. The zero-order valence-corrected chi connectivity index (χ0v) is 19.9. The highest BCUT2D eigenvalue weighted by molar-refractivity contribution is 7.91. The second-order valence-corrected chi connectivity index (χ2v) is 9.87. The molecule has 6 nitrogen and oxygen atoms in total. The van der Waals surface area contributed by atoms with Crippen LogP contribution in [-0.2, 0) is 16.4 Å². The van der Waals surface area contributed by atoms with Crippen molar-refractivity contribution in [2.45, 2.75) is 23.3 Å². The van der Waals surface area contributed by atoms with Crippen LogP contribution in [0.5, 0.6) is 0 Å². The van der Waals surface area contributed by atoms with Crippen molar-refractivity contribution in [3.63, 3.8) is 0 Å². The smallest absolute Gasteiger partial charge is 0.255 e. The molecule has 0 fully saturated rings. The van der Waals surface area contributed by atoms with Gasteiger partial charge in [-0.3, -0.25) is 9.59 Å². The lowest BCUT2D eigenvalue weighted by Crippen LogP contribution is -2.12. The summed E-state index contributed by atoms with van der Waals surface area (Å²) in [7, 11) is -3.67. The number of hydrogen-bond donors (Lipinski definition) is 2. The number of benzene rings is 4. The number of amides is 1. The first kappa shape index (κ1) is 23.9. The predicted molar refractivity (Wildman–Crippen MR) is 137 cm³/mol. The SMILES string of the molecule is CC(=O)c1cccc(NC(=O)c2ccc(CNc3ccccc3S(=O)(=O)c3ccccc3)cc2)c1. The Balaban J connectivity index is 1.45. The third-order valence-corrected chi connectivity index (χ3v) is 7.28. The molecule has 0 bridgehead atoms. The van der Waals surface area contributed by atoms with Crippen LogP contribution in [0.2, 0.25) is 0 Å². The standard InChI is InChI=1S/C28H24N2O4S/c1-20(31)23-8-7-9-24(18-23)30-28(32)22-16-14-21(15-17-22)19-29-26-12-5-6-13-27(26)35(33,34)25-10-3-2-4-11-25/h2-18,29H,19H2,1H3,(H,30,32). The lowest BCUT2D eigenvalue weighted by molar-refractivity contribution is 0.101. The van der Waals surface area contributed by atoms with E-state index in [-0.39, 0.29) is 21.5 Å². The Bertz CT molecular complexity index is 1460. The summed E-state index contributed by atoms with van der Waals surface area (Å²) in [6, 6.07) is 28.9. The normalized spacial score (nSPS) is 11.0. The largest absolute Gasteiger partial charge is 0.380 e. The first-order chi connectivity index (χ1) is 16.8. The lowest BCUT2D eigenvalue weighted by Gasteiger charge is -2.13. The van der Waals surface area contributed by atoms with E-state index in [1.807, 2.05) is 12.1 Å². The van der Waals surface area contributed by atoms with E-state index in [9.17, 15) is 18.0 Å². The van der Waals surface area contributed by atoms with Gasteiger partial charge in [0.2, 0.25) is 9.84 Å². The van der Waals surface area contributed by atoms with Crippen LogP contribution in [0.15, 0.2) is 113 Å². The van der Waals surface area contributed by atoms with E-state index in [4.69, 9.17) is 0 Å². The van der Waals surface area contributed by atoms with Gasteiger partial charge < -0.3 is 10.6 Å². The molecule has 176 valence electrons. The zero-order chi connectivity index (χ0) is 24.8. The number of rotatable bonds is 8. The predicted octanol–water partition coefficient (Wildman–Crippen LogP) is 5.59. The first-order valence-corrected chi connectivity index (χ1v) is 12.5. The maximum atomic E-state index is 13.1. The molecule has 1 amide bonds. The average Bonchev–Trinajstić information content (AvgIpc) is 2.88. The third kappa shape index (κ3) is 5.65. The second kappa shape index (κ2) is 10.4. The maximum Gasteiger partial charge on any atom is 0.255 e. The van der Waals surface area contributed by atoms with E-state index >= 15 is 0 Å². The molecule has 0 unspecified atom stereocenters. The van der Waals surface area contributed by atoms with Crippen LogP contribution in [0.1, 0.15) is 33.2 Å². The van der Waals surface area contributed by atoms with Crippen LogP contribution < -0.4 is 10.6 Å². The van der Waals surface area contributed by atoms with E-state index in [1.165, 1.54) is 6.92 Å². The van der Waals surface area contributed by atoms with Gasteiger partial charge in [0.05, 0.1) is 15.5 Å². The van der Waals surface area contributed by atoms with Gasteiger partial charge in [-0.25, -0.2) is 8.42 Å². The highest BCUT2D eigenvalue weighted by atomic mass is 32.2. The Morgan fingerprint density at radius 2 is 1.43 bits per heavy atom. The van der Waals surface area contributed by atoms with E-state index < -0.39 is 9.84 Å². The summed E-state index contributed by atoms with van der Waals surface area (Å²) in [5, 5.41) is 6.00. The van der Waals surface area contributed by atoms with Crippen LogP contribution >= 0.6 is 0 Å². The first-order valence-electron chi connectivity index (χ1n) is 11.0. The molecule has 0 aromatic heterocycles. The molecule has 7 heteroatoms. The van der Waals surface area contributed by atoms with Gasteiger partial charge in [-0.15, -0.1) is 0 Å². The van der Waals surface area contributed by atoms with Gasteiger partial charge in [-0.05, 0) is 61.0 Å². The van der Waals surface area contributed by atoms with E-state index in [1.54, 1.807) is 91.0 Å². The third-order valence-electron chi connectivity index (χ3n) is 5.46. The van der Waals surface area contributed by atoms with Gasteiger partial charge in [-0.1, -0.05) is 54.6 Å². The average molecular weight is 485 g/mol. The van der Waals surface area contributed by atoms with E-state index in [0.717, 1.165) is 5.56 Å². The number of hydrogen-bond acceptors (Lipinski definition) is 5. The lowest BCUT2D eigenvalue weighted by atomic mass is 10.1. The van der Waals surface area contributed by atoms with Crippen LogP contribution in [0.3, 0.4) is 0 Å². The monoisotopic (exact) mass is 484 g/mol. The fraction of sp³-hybridized carbons (Fsp3) is 0.0714. The van der Waals surface area contributed by atoms with Gasteiger partial charge in [-0.2, -0.15) is 0 Å². The molecule has 0 saturated heterocycles. The molecule has 0 atom stereocenters. The van der Waals surface area contributed by atoms with Gasteiger partial charge in [0.25, 0.3) is 5.91 Å². The second-order valence-electron chi connectivity index (χ2n) is 7.95. The van der Waals surface area contributed by atoms with Gasteiger partial charge in [0.1, 0.15) is 0 Å². The molecule has 0 heterocycles. The Morgan fingerprint density at radius 3 is 2.14 bits per heavy atom. The summed E-state index contributed by atoms with van der Waals surface area (Å²) < 4.78 is 26.2. The Kier molecular flexibility index (Phi) is 7.08. The summed E-state index contributed by atoms with van der Waals surface area (Å²) in [6.07, 6.45) is 0. The number of nitrogens with one attached hydrogen (secondary N) is 2. The molecule has 4 aromatic carbocycles. The van der Waals surface area contributed by atoms with Crippen molar-refractivity contribution in [2.75, 3.05) is 10.6 Å². The maximum absolute atomic E-state index is 13.1. The van der Waals surface area contributed by atoms with Gasteiger partial charge in [0.15, 0.2) is 5.78 Å². The summed E-state index contributed by atoms with van der Waals surface area (Å²) >= 11 is 0. The van der Waals surface area contributed by atoms with E-state index in [0.29, 0.717) is 29.0 Å². The van der Waals surface area contributed by atoms with Crippen molar-refractivity contribution < 1.29 is 18.0 Å². The molecule has 35 heavy (non-hydrogen) atoms. The molecule has 4 aromatic rings.